The van der Waals surface area contributed by atoms with Crippen LogP contribution in [0.1, 0.15) is 26.7 Å². The predicted molar refractivity (Wildman–Crippen MR) is 82.5 cm³/mol. The molecule has 1 unspecified atom stereocenters. The van der Waals surface area contributed by atoms with Crippen LogP contribution in [-0.4, -0.2) is 27.7 Å². The molecule has 0 fully saturated rings. The van der Waals surface area contributed by atoms with Gasteiger partial charge in [-0.15, -0.1) is 0 Å². The van der Waals surface area contributed by atoms with Crippen molar-refractivity contribution in [1.29, 1.82) is 0 Å². The number of rotatable bonds is 6. The van der Waals surface area contributed by atoms with E-state index < -0.39 is 0 Å². The zero-order valence-electron chi connectivity index (χ0n) is 12.0. The maximum Gasteiger partial charge on any atom is 0.137 e. The van der Waals surface area contributed by atoms with E-state index >= 15 is 0 Å². The standard InChI is InChI=1S/C15H22N4O/c1-3-10(4-2)14(20)8-17-15-12-7-11(16)5-6-13(12)18-9-19-15/h5-7,9-10,14,20H,3-4,8,16H2,1-2H3,(H,17,18,19). The first-order valence-electron chi connectivity index (χ1n) is 7.07. The fraction of sp³-hybridized carbons (Fsp3) is 0.467. The molecule has 5 heteroatoms. The van der Waals surface area contributed by atoms with Gasteiger partial charge in [-0.1, -0.05) is 26.7 Å². The maximum absolute atomic E-state index is 10.2. The van der Waals surface area contributed by atoms with E-state index in [0.29, 0.717) is 24.0 Å². The molecule has 0 aliphatic carbocycles. The lowest BCUT2D eigenvalue weighted by Crippen LogP contribution is -2.28. The Morgan fingerprint density at radius 2 is 2.00 bits per heavy atom. The Labute approximate surface area is 119 Å². The minimum absolute atomic E-state index is 0.306. The second-order valence-electron chi connectivity index (χ2n) is 5.02. The number of aliphatic hydroxyl groups excluding tert-OH is 1. The van der Waals surface area contributed by atoms with Crippen LogP contribution >= 0.6 is 0 Å². The van der Waals surface area contributed by atoms with Gasteiger partial charge in [0.15, 0.2) is 0 Å². The molecule has 108 valence electrons. The third-order valence-corrected chi connectivity index (χ3v) is 3.73. The van der Waals surface area contributed by atoms with Crippen molar-refractivity contribution in [3.05, 3.63) is 24.5 Å². The van der Waals surface area contributed by atoms with Crippen LogP contribution in [0.5, 0.6) is 0 Å². The van der Waals surface area contributed by atoms with Crippen LogP contribution in [0, 0.1) is 5.92 Å². The van der Waals surface area contributed by atoms with Gasteiger partial charge in [0, 0.05) is 17.6 Å². The molecule has 2 rings (SSSR count). The van der Waals surface area contributed by atoms with Crippen molar-refractivity contribution < 1.29 is 5.11 Å². The molecular formula is C15H22N4O. The van der Waals surface area contributed by atoms with Gasteiger partial charge in [-0.3, -0.25) is 0 Å². The number of nitrogens with two attached hydrogens (primary N) is 1. The highest BCUT2D eigenvalue weighted by molar-refractivity contribution is 5.91. The van der Waals surface area contributed by atoms with Gasteiger partial charge in [0.2, 0.25) is 0 Å². The molecule has 1 aromatic heterocycles. The quantitative estimate of drug-likeness (QED) is 0.704. The number of fused-ring (bicyclic) bond motifs is 1. The van der Waals surface area contributed by atoms with Gasteiger partial charge in [0.25, 0.3) is 0 Å². The number of hydrogen-bond acceptors (Lipinski definition) is 5. The minimum atomic E-state index is -0.379. The van der Waals surface area contributed by atoms with E-state index in [4.69, 9.17) is 5.73 Å². The molecule has 0 bridgehead atoms. The second kappa shape index (κ2) is 6.52. The molecule has 1 heterocycles. The summed E-state index contributed by atoms with van der Waals surface area (Å²) in [6.45, 7) is 4.67. The van der Waals surface area contributed by atoms with Crippen molar-refractivity contribution in [2.45, 2.75) is 32.8 Å². The average molecular weight is 274 g/mol. The average Bonchev–Trinajstić information content (AvgIpc) is 2.46. The van der Waals surface area contributed by atoms with Gasteiger partial charge >= 0.3 is 0 Å². The van der Waals surface area contributed by atoms with Crippen LogP contribution in [0.25, 0.3) is 10.9 Å². The van der Waals surface area contributed by atoms with E-state index in [1.54, 1.807) is 0 Å². The normalized spacial score (nSPS) is 12.8. The summed E-state index contributed by atoms with van der Waals surface area (Å²) >= 11 is 0. The summed E-state index contributed by atoms with van der Waals surface area (Å²) in [6.07, 6.45) is 3.08. The Morgan fingerprint density at radius 3 is 2.70 bits per heavy atom. The first-order valence-corrected chi connectivity index (χ1v) is 7.07. The summed E-state index contributed by atoms with van der Waals surface area (Å²) in [5, 5.41) is 14.3. The Hall–Kier alpha value is -1.88. The summed E-state index contributed by atoms with van der Waals surface area (Å²) in [7, 11) is 0. The molecule has 0 saturated heterocycles. The SMILES string of the molecule is CCC(CC)C(O)CNc1ncnc2ccc(N)cc12. The van der Waals surface area contributed by atoms with E-state index in [1.165, 1.54) is 6.33 Å². The van der Waals surface area contributed by atoms with Crippen molar-refractivity contribution in [1.82, 2.24) is 9.97 Å². The molecule has 5 nitrogen and oxygen atoms in total. The lowest BCUT2D eigenvalue weighted by atomic mass is 9.96. The Bertz CT molecular complexity index is 569. The highest BCUT2D eigenvalue weighted by Crippen LogP contribution is 2.22. The van der Waals surface area contributed by atoms with Gasteiger partial charge in [0.1, 0.15) is 12.1 Å². The lowest BCUT2D eigenvalue weighted by molar-refractivity contribution is 0.114. The van der Waals surface area contributed by atoms with Crippen molar-refractivity contribution in [2.24, 2.45) is 5.92 Å². The van der Waals surface area contributed by atoms with E-state index in [-0.39, 0.29) is 6.10 Å². The number of anilines is 2. The first-order chi connectivity index (χ1) is 9.65. The molecule has 4 N–H and O–H groups in total. The first kappa shape index (κ1) is 14.5. The topological polar surface area (TPSA) is 84.1 Å². The summed E-state index contributed by atoms with van der Waals surface area (Å²) in [5.41, 5.74) is 7.33. The Morgan fingerprint density at radius 1 is 1.25 bits per heavy atom. The van der Waals surface area contributed by atoms with Crippen molar-refractivity contribution in [3.63, 3.8) is 0 Å². The number of hydrogen-bond donors (Lipinski definition) is 3. The Balaban J connectivity index is 2.15. The van der Waals surface area contributed by atoms with E-state index in [9.17, 15) is 5.11 Å². The van der Waals surface area contributed by atoms with E-state index in [2.05, 4.69) is 29.1 Å². The molecule has 0 saturated carbocycles. The van der Waals surface area contributed by atoms with Crippen LogP contribution in [0.2, 0.25) is 0 Å². The zero-order chi connectivity index (χ0) is 14.5. The number of aliphatic hydroxyl groups is 1. The minimum Gasteiger partial charge on any atom is -0.399 e. The number of aromatic nitrogens is 2. The van der Waals surface area contributed by atoms with Crippen molar-refractivity contribution >= 4 is 22.4 Å². The smallest absolute Gasteiger partial charge is 0.137 e. The molecule has 0 aliphatic rings. The summed E-state index contributed by atoms with van der Waals surface area (Å²) < 4.78 is 0. The van der Waals surface area contributed by atoms with E-state index in [1.807, 2.05) is 18.2 Å². The van der Waals surface area contributed by atoms with Crippen LogP contribution in [0.15, 0.2) is 24.5 Å². The van der Waals surface area contributed by atoms with Gasteiger partial charge in [-0.25, -0.2) is 9.97 Å². The monoisotopic (exact) mass is 274 g/mol. The molecule has 20 heavy (non-hydrogen) atoms. The molecule has 0 amide bonds. The number of nitrogens with zero attached hydrogens (tertiary/aromatic N) is 2. The van der Waals surface area contributed by atoms with Gasteiger partial charge in [-0.2, -0.15) is 0 Å². The molecule has 0 spiro atoms. The molecule has 1 atom stereocenters. The molecule has 1 aromatic carbocycles. The van der Waals surface area contributed by atoms with Gasteiger partial charge < -0.3 is 16.2 Å². The van der Waals surface area contributed by atoms with Crippen LogP contribution in [-0.2, 0) is 0 Å². The fourth-order valence-corrected chi connectivity index (χ4v) is 2.42. The van der Waals surface area contributed by atoms with Crippen LogP contribution < -0.4 is 11.1 Å². The highest BCUT2D eigenvalue weighted by Gasteiger charge is 2.15. The summed E-state index contributed by atoms with van der Waals surface area (Å²) in [5.74, 6) is 1.02. The molecule has 0 radical (unpaired) electrons. The molecular weight excluding hydrogens is 252 g/mol. The largest absolute Gasteiger partial charge is 0.399 e. The fourth-order valence-electron chi connectivity index (χ4n) is 2.42. The zero-order valence-corrected chi connectivity index (χ0v) is 12.0. The van der Waals surface area contributed by atoms with Gasteiger partial charge in [0.05, 0.1) is 11.6 Å². The summed E-state index contributed by atoms with van der Waals surface area (Å²) in [6, 6.07) is 5.54. The van der Waals surface area contributed by atoms with Crippen LogP contribution in [0.3, 0.4) is 0 Å². The maximum atomic E-state index is 10.2. The van der Waals surface area contributed by atoms with E-state index in [0.717, 1.165) is 23.7 Å². The number of benzene rings is 1. The number of nitrogens with one attached hydrogen (secondary N) is 1. The predicted octanol–water partition coefficient (Wildman–Crippen LogP) is 2.42. The van der Waals surface area contributed by atoms with Crippen LogP contribution in [0.4, 0.5) is 11.5 Å². The number of nitrogen functional groups attached to an aromatic ring is 1. The molecule has 0 aliphatic heterocycles. The molecule has 2 aromatic rings. The lowest BCUT2D eigenvalue weighted by Gasteiger charge is -2.20. The Kier molecular flexibility index (Phi) is 4.74. The summed E-state index contributed by atoms with van der Waals surface area (Å²) in [4.78, 5) is 8.45. The second-order valence-corrected chi connectivity index (χ2v) is 5.02. The van der Waals surface area contributed by atoms with Crippen molar-refractivity contribution in [2.75, 3.05) is 17.6 Å². The van der Waals surface area contributed by atoms with Crippen molar-refractivity contribution in [3.8, 4) is 0 Å². The van der Waals surface area contributed by atoms with Gasteiger partial charge in [-0.05, 0) is 24.1 Å². The third-order valence-electron chi connectivity index (χ3n) is 3.73. The third kappa shape index (κ3) is 3.17. The highest BCUT2D eigenvalue weighted by atomic mass is 16.3.